The van der Waals surface area contributed by atoms with Gasteiger partial charge in [-0.15, -0.1) is 0 Å². The number of fused-ring (bicyclic) bond motifs is 3. The summed E-state index contributed by atoms with van der Waals surface area (Å²) in [5.74, 6) is -0.159. The standard InChI is InChI=1S/C26H36N2O7/c1-5-6-21(31)28(9-7-15(2)3)19-13-18(26(33)27-8-10-29)22-17-11-16(14-30)12-20(34-4)24(17)35-25(22)23(19)32/h11-15,19,22-23,25,29,32H,5-10H2,1-4H3,(H,27,33). The van der Waals surface area contributed by atoms with Crippen molar-refractivity contribution in [3.8, 4) is 11.5 Å². The Hall–Kier alpha value is -2.91. The Labute approximate surface area is 206 Å². The molecule has 2 amide bonds. The molecule has 0 bridgehead atoms. The van der Waals surface area contributed by atoms with E-state index in [9.17, 15) is 24.6 Å². The molecule has 1 aromatic rings. The van der Waals surface area contributed by atoms with Crippen LogP contribution in [0.1, 0.15) is 61.9 Å². The minimum absolute atomic E-state index is 0.0536. The number of aliphatic hydroxyl groups is 2. The molecule has 2 aliphatic rings. The Kier molecular flexibility index (Phi) is 8.91. The van der Waals surface area contributed by atoms with Gasteiger partial charge in [0.15, 0.2) is 11.5 Å². The summed E-state index contributed by atoms with van der Waals surface area (Å²) in [6, 6.07) is 2.41. The van der Waals surface area contributed by atoms with Gasteiger partial charge in [0.1, 0.15) is 18.5 Å². The van der Waals surface area contributed by atoms with E-state index in [0.717, 1.165) is 6.42 Å². The zero-order valence-corrected chi connectivity index (χ0v) is 20.8. The Morgan fingerprint density at radius 3 is 2.66 bits per heavy atom. The first-order valence-corrected chi connectivity index (χ1v) is 12.2. The van der Waals surface area contributed by atoms with Gasteiger partial charge < -0.3 is 29.9 Å². The van der Waals surface area contributed by atoms with E-state index in [2.05, 4.69) is 19.2 Å². The van der Waals surface area contributed by atoms with Crippen LogP contribution in [0.2, 0.25) is 0 Å². The summed E-state index contributed by atoms with van der Waals surface area (Å²) in [6.07, 6.45) is 2.08. The SMILES string of the molecule is CCCC(=O)N(CCC(C)C)C1C=C(C(=O)NCCO)C2c3cc(C=O)cc(OC)c3OC2C1O. The maximum absolute atomic E-state index is 13.2. The molecule has 0 aromatic heterocycles. The van der Waals surface area contributed by atoms with Gasteiger partial charge in [0.2, 0.25) is 11.8 Å². The molecular weight excluding hydrogens is 452 g/mol. The van der Waals surface area contributed by atoms with Crippen LogP contribution in [-0.2, 0) is 9.59 Å². The summed E-state index contributed by atoms with van der Waals surface area (Å²) in [7, 11) is 1.45. The zero-order chi connectivity index (χ0) is 25.7. The molecule has 4 unspecified atom stereocenters. The molecule has 3 N–H and O–H groups in total. The summed E-state index contributed by atoms with van der Waals surface area (Å²) < 4.78 is 11.6. The van der Waals surface area contributed by atoms with E-state index in [1.807, 2.05) is 6.92 Å². The first-order valence-electron chi connectivity index (χ1n) is 12.2. The fourth-order valence-electron chi connectivity index (χ4n) is 4.75. The van der Waals surface area contributed by atoms with Crippen molar-refractivity contribution in [2.24, 2.45) is 5.92 Å². The first kappa shape index (κ1) is 26.7. The third kappa shape index (κ3) is 5.51. The van der Waals surface area contributed by atoms with E-state index in [1.165, 1.54) is 7.11 Å². The van der Waals surface area contributed by atoms with Crippen LogP contribution in [0.25, 0.3) is 0 Å². The lowest BCUT2D eigenvalue weighted by molar-refractivity contribution is -0.137. The third-order valence-corrected chi connectivity index (χ3v) is 6.50. The van der Waals surface area contributed by atoms with Crippen molar-refractivity contribution in [2.45, 2.75) is 64.2 Å². The molecule has 1 aliphatic carbocycles. The van der Waals surface area contributed by atoms with Gasteiger partial charge in [-0.25, -0.2) is 0 Å². The van der Waals surface area contributed by atoms with Gasteiger partial charge in [-0.3, -0.25) is 14.4 Å². The molecule has 192 valence electrons. The lowest BCUT2D eigenvalue weighted by atomic mass is 9.77. The number of carbonyl (C=O) groups is 3. The second-order valence-corrected chi connectivity index (χ2v) is 9.42. The smallest absolute Gasteiger partial charge is 0.247 e. The minimum Gasteiger partial charge on any atom is -0.493 e. The van der Waals surface area contributed by atoms with Gasteiger partial charge >= 0.3 is 0 Å². The topological polar surface area (TPSA) is 125 Å². The first-order chi connectivity index (χ1) is 16.8. The van der Waals surface area contributed by atoms with Crippen LogP contribution >= 0.6 is 0 Å². The van der Waals surface area contributed by atoms with Gasteiger partial charge in [0, 0.05) is 36.2 Å². The summed E-state index contributed by atoms with van der Waals surface area (Å²) in [4.78, 5) is 39.5. The molecule has 9 nitrogen and oxygen atoms in total. The van der Waals surface area contributed by atoms with Gasteiger partial charge in [0.05, 0.1) is 25.7 Å². The molecule has 1 aromatic carbocycles. The third-order valence-electron chi connectivity index (χ3n) is 6.50. The molecule has 1 heterocycles. The largest absolute Gasteiger partial charge is 0.493 e. The number of benzene rings is 1. The van der Waals surface area contributed by atoms with E-state index in [0.29, 0.717) is 59.8 Å². The van der Waals surface area contributed by atoms with Crippen molar-refractivity contribution in [1.29, 1.82) is 0 Å². The molecule has 0 fully saturated rings. The number of ether oxygens (including phenoxy) is 2. The summed E-state index contributed by atoms with van der Waals surface area (Å²) in [5, 5.41) is 23.4. The minimum atomic E-state index is -1.11. The molecule has 35 heavy (non-hydrogen) atoms. The lowest BCUT2D eigenvalue weighted by Crippen LogP contribution is -2.56. The number of hydrogen-bond acceptors (Lipinski definition) is 7. The molecular formula is C26H36N2O7. The number of methoxy groups -OCH3 is 1. The monoisotopic (exact) mass is 488 g/mol. The Morgan fingerprint density at radius 2 is 2.06 bits per heavy atom. The highest BCUT2D eigenvalue weighted by atomic mass is 16.5. The second-order valence-electron chi connectivity index (χ2n) is 9.42. The van der Waals surface area contributed by atoms with Gasteiger partial charge in [-0.05, 0) is 37.0 Å². The van der Waals surface area contributed by atoms with E-state index >= 15 is 0 Å². The van der Waals surface area contributed by atoms with Crippen molar-refractivity contribution < 1.29 is 34.1 Å². The molecule has 4 atom stereocenters. The van der Waals surface area contributed by atoms with E-state index in [-0.39, 0.29) is 19.1 Å². The van der Waals surface area contributed by atoms with E-state index in [1.54, 1.807) is 23.1 Å². The Bertz CT molecular complexity index is 975. The molecule has 0 saturated heterocycles. The fourth-order valence-corrected chi connectivity index (χ4v) is 4.75. The predicted molar refractivity (Wildman–Crippen MR) is 130 cm³/mol. The Balaban J connectivity index is 2.11. The highest BCUT2D eigenvalue weighted by Gasteiger charge is 2.51. The number of carbonyl (C=O) groups excluding carboxylic acids is 3. The van der Waals surface area contributed by atoms with Gasteiger partial charge in [-0.2, -0.15) is 0 Å². The molecule has 0 spiro atoms. The molecule has 9 heteroatoms. The van der Waals surface area contributed by atoms with Crippen molar-refractivity contribution >= 4 is 18.1 Å². The van der Waals surface area contributed by atoms with Gasteiger partial charge in [0.25, 0.3) is 0 Å². The van der Waals surface area contributed by atoms with Crippen LogP contribution in [0.15, 0.2) is 23.8 Å². The van der Waals surface area contributed by atoms with Crippen molar-refractivity contribution in [3.63, 3.8) is 0 Å². The summed E-state index contributed by atoms with van der Waals surface area (Å²) >= 11 is 0. The van der Waals surface area contributed by atoms with Gasteiger partial charge in [-0.1, -0.05) is 20.8 Å². The fraction of sp³-hybridized carbons (Fsp3) is 0.577. The number of hydrogen-bond donors (Lipinski definition) is 3. The molecule has 0 radical (unpaired) electrons. The van der Waals surface area contributed by atoms with Crippen molar-refractivity contribution in [3.05, 3.63) is 34.9 Å². The number of aliphatic hydroxyl groups excluding tert-OH is 2. The molecule has 3 rings (SSSR count). The van der Waals surface area contributed by atoms with Crippen LogP contribution in [0.5, 0.6) is 11.5 Å². The van der Waals surface area contributed by atoms with Crippen LogP contribution < -0.4 is 14.8 Å². The zero-order valence-electron chi connectivity index (χ0n) is 20.8. The predicted octanol–water partition coefficient (Wildman–Crippen LogP) is 1.81. The number of aldehydes is 1. The molecule has 1 aliphatic heterocycles. The van der Waals surface area contributed by atoms with Crippen LogP contribution in [-0.4, -0.2) is 78.3 Å². The van der Waals surface area contributed by atoms with Crippen LogP contribution in [0.4, 0.5) is 0 Å². The normalized spacial score (nSPS) is 22.5. The van der Waals surface area contributed by atoms with E-state index < -0.39 is 30.1 Å². The number of nitrogens with one attached hydrogen (secondary N) is 1. The number of nitrogens with zero attached hydrogens (tertiary/aromatic N) is 1. The highest BCUT2D eigenvalue weighted by molar-refractivity contribution is 5.96. The summed E-state index contributed by atoms with van der Waals surface area (Å²) in [5.41, 5.74) is 1.24. The number of amides is 2. The van der Waals surface area contributed by atoms with Crippen LogP contribution in [0, 0.1) is 5.92 Å². The van der Waals surface area contributed by atoms with Crippen LogP contribution in [0.3, 0.4) is 0 Å². The quantitative estimate of drug-likeness (QED) is 0.406. The van der Waals surface area contributed by atoms with E-state index in [4.69, 9.17) is 9.47 Å². The highest BCUT2D eigenvalue weighted by Crippen LogP contribution is 2.51. The summed E-state index contributed by atoms with van der Waals surface area (Å²) in [6.45, 7) is 6.30. The maximum atomic E-state index is 13.2. The molecule has 0 saturated carbocycles. The second kappa shape index (κ2) is 11.7. The number of rotatable bonds is 11. The lowest BCUT2D eigenvalue weighted by Gasteiger charge is -2.41. The van der Waals surface area contributed by atoms with Crippen molar-refractivity contribution in [2.75, 3.05) is 26.8 Å². The van der Waals surface area contributed by atoms with Crippen molar-refractivity contribution in [1.82, 2.24) is 10.2 Å². The Morgan fingerprint density at radius 1 is 1.31 bits per heavy atom. The maximum Gasteiger partial charge on any atom is 0.247 e. The average Bonchev–Trinajstić information content (AvgIpc) is 3.23. The average molecular weight is 489 g/mol.